The van der Waals surface area contributed by atoms with Gasteiger partial charge in [-0.1, -0.05) is 6.92 Å². The molecule has 3 aromatic rings. The highest BCUT2D eigenvalue weighted by atomic mass is 127. The number of thiophene rings is 1. The molecule has 0 aliphatic heterocycles. The minimum absolute atomic E-state index is 0.291. The maximum Gasteiger partial charge on any atom is 0.225 e. The van der Waals surface area contributed by atoms with Gasteiger partial charge in [0.2, 0.25) is 5.28 Å². The number of aromatic nitrogens is 3. The van der Waals surface area contributed by atoms with Crippen LogP contribution in [0.1, 0.15) is 12.5 Å². The van der Waals surface area contributed by atoms with E-state index in [-0.39, 0.29) is 0 Å². The van der Waals surface area contributed by atoms with Gasteiger partial charge in [-0.3, -0.25) is 3.97 Å². The van der Waals surface area contributed by atoms with Gasteiger partial charge >= 0.3 is 0 Å². The summed E-state index contributed by atoms with van der Waals surface area (Å²) in [6.45, 7) is 2.15. The molecule has 0 N–H and O–H groups in total. The van der Waals surface area contributed by atoms with E-state index in [2.05, 4.69) is 49.5 Å². The molecular formula is C12H9ClIN3S2. The van der Waals surface area contributed by atoms with Crippen LogP contribution in [0.15, 0.2) is 23.7 Å². The van der Waals surface area contributed by atoms with Gasteiger partial charge in [-0.15, -0.1) is 11.3 Å². The summed E-state index contributed by atoms with van der Waals surface area (Å²) in [4.78, 5) is 9.86. The normalized spacial score (nSPS) is 11.3. The number of rotatable bonds is 3. The van der Waals surface area contributed by atoms with Crippen molar-refractivity contribution in [3.8, 4) is 10.6 Å². The Morgan fingerprint density at radius 3 is 3.00 bits per heavy atom. The second-order valence-corrected chi connectivity index (χ2v) is 6.92. The first-order chi connectivity index (χ1) is 9.22. The first-order valence-electron chi connectivity index (χ1n) is 5.64. The molecule has 0 radical (unpaired) electrons. The van der Waals surface area contributed by atoms with Crippen LogP contribution in [0.5, 0.6) is 0 Å². The lowest BCUT2D eigenvalue weighted by atomic mass is 10.2. The minimum Gasteiger partial charge on any atom is -0.266 e. The second-order valence-electron chi connectivity index (χ2n) is 3.96. The van der Waals surface area contributed by atoms with Crippen LogP contribution < -0.4 is 0 Å². The van der Waals surface area contributed by atoms with Crippen molar-refractivity contribution in [1.82, 2.24) is 13.9 Å². The van der Waals surface area contributed by atoms with Crippen LogP contribution in [0.3, 0.4) is 0 Å². The molecule has 3 aromatic heterocycles. The average molecular weight is 422 g/mol. The number of hydrogen-bond acceptors (Lipinski definition) is 4. The van der Waals surface area contributed by atoms with Crippen molar-refractivity contribution in [3.05, 3.63) is 34.6 Å². The molecule has 0 spiro atoms. The van der Waals surface area contributed by atoms with Crippen LogP contribution in [0, 0.1) is 0 Å². The Bertz CT molecular complexity index is 738. The highest BCUT2D eigenvalue weighted by Crippen LogP contribution is 2.34. The largest absolute Gasteiger partial charge is 0.266 e. The molecule has 0 amide bonds. The summed E-state index contributed by atoms with van der Waals surface area (Å²) >= 11 is 9.98. The van der Waals surface area contributed by atoms with E-state index >= 15 is 0 Å². The molecule has 98 valence electrons. The van der Waals surface area contributed by atoms with E-state index in [0.717, 1.165) is 28.0 Å². The molecule has 3 heterocycles. The van der Waals surface area contributed by atoms with E-state index in [4.69, 9.17) is 11.6 Å². The van der Waals surface area contributed by atoms with E-state index < -0.39 is 0 Å². The second kappa shape index (κ2) is 5.59. The number of hydrogen-bond donors (Lipinski definition) is 0. The third-order valence-electron chi connectivity index (χ3n) is 2.85. The molecule has 0 atom stereocenters. The Hall–Kier alpha value is -0.310. The molecule has 7 heteroatoms. The van der Waals surface area contributed by atoms with Gasteiger partial charge in [-0.05, 0) is 41.1 Å². The maximum atomic E-state index is 6.06. The van der Waals surface area contributed by atoms with Crippen molar-refractivity contribution < 1.29 is 0 Å². The number of halogens is 2. The van der Waals surface area contributed by atoms with E-state index in [1.54, 1.807) is 20.5 Å². The van der Waals surface area contributed by atoms with Crippen LogP contribution in [0.4, 0.5) is 0 Å². The van der Waals surface area contributed by atoms with Crippen LogP contribution in [-0.4, -0.2) is 13.9 Å². The Balaban J connectivity index is 2.25. The van der Waals surface area contributed by atoms with E-state index in [0.29, 0.717) is 5.28 Å². The summed E-state index contributed by atoms with van der Waals surface area (Å²) < 4.78 is 1.99. The lowest BCUT2D eigenvalue weighted by molar-refractivity contribution is 1.15. The monoisotopic (exact) mass is 421 g/mol. The third kappa shape index (κ3) is 2.51. The summed E-state index contributed by atoms with van der Waals surface area (Å²) in [6, 6.07) is 4.22. The molecule has 0 bridgehead atoms. The van der Waals surface area contributed by atoms with E-state index in [1.165, 1.54) is 5.56 Å². The van der Waals surface area contributed by atoms with Crippen molar-refractivity contribution in [2.24, 2.45) is 0 Å². The lowest BCUT2D eigenvalue weighted by Crippen LogP contribution is -1.91. The fourth-order valence-corrected chi connectivity index (χ4v) is 4.32. The molecule has 0 saturated heterocycles. The Kier molecular flexibility index (Phi) is 4.02. The average Bonchev–Trinajstić information content (AvgIpc) is 3.03. The SMILES string of the molecule is CCc1csc(-c2nc(Cl)nc3c2ccn3SI)c1. The van der Waals surface area contributed by atoms with Gasteiger partial charge < -0.3 is 0 Å². The zero-order valence-corrected chi connectivity index (χ0v) is 14.5. The summed E-state index contributed by atoms with van der Waals surface area (Å²) in [5.41, 5.74) is 3.11. The molecule has 19 heavy (non-hydrogen) atoms. The van der Waals surface area contributed by atoms with Gasteiger partial charge in [0.15, 0.2) is 5.65 Å². The van der Waals surface area contributed by atoms with Crippen LogP contribution in [-0.2, 0) is 6.42 Å². The van der Waals surface area contributed by atoms with Gasteiger partial charge in [0, 0.05) is 41.9 Å². The Labute approximate surface area is 136 Å². The quantitative estimate of drug-likeness (QED) is 0.429. The highest BCUT2D eigenvalue weighted by Gasteiger charge is 2.14. The molecule has 3 rings (SSSR count). The maximum absolute atomic E-state index is 6.06. The molecule has 0 aliphatic rings. The van der Waals surface area contributed by atoms with Crippen LogP contribution in [0.2, 0.25) is 5.28 Å². The van der Waals surface area contributed by atoms with Gasteiger partial charge in [0.25, 0.3) is 0 Å². The Morgan fingerprint density at radius 1 is 1.47 bits per heavy atom. The summed E-state index contributed by atoms with van der Waals surface area (Å²) in [5.74, 6) is 0. The highest BCUT2D eigenvalue weighted by molar-refractivity contribution is 14.2. The van der Waals surface area contributed by atoms with Crippen LogP contribution in [0.25, 0.3) is 21.6 Å². The van der Waals surface area contributed by atoms with Crippen LogP contribution >= 0.6 is 53.3 Å². The molecule has 0 fully saturated rings. The number of fused-ring (bicyclic) bond motifs is 1. The Morgan fingerprint density at radius 2 is 2.32 bits per heavy atom. The first kappa shape index (κ1) is 13.7. The standard InChI is InChI=1S/C12H9ClIN3S2/c1-2-7-5-9(18-6-7)10-8-3-4-17(19-14)11(8)16-12(13)15-10/h3-6H,2H2,1H3. The van der Waals surface area contributed by atoms with Crippen molar-refractivity contribution in [1.29, 1.82) is 0 Å². The van der Waals surface area contributed by atoms with Crippen molar-refractivity contribution >= 4 is 64.3 Å². The van der Waals surface area contributed by atoms with Crippen molar-refractivity contribution in [2.75, 3.05) is 0 Å². The van der Waals surface area contributed by atoms with Crippen molar-refractivity contribution in [3.63, 3.8) is 0 Å². The van der Waals surface area contributed by atoms with Gasteiger partial charge in [-0.2, -0.15) is 4.98 Å². The predicted octanol–water partition coefficient (Wildman–Crippen LogP) is 5.22. The molecule has 0 unspecified atom stereocenters. The summed E-state index contributed by atoms with van der Waals surface area (Å²) in [7, 11) is 1.57. The van der Waals surface area contributed by atoms with Gasteiger partial charge in [-0.25, -0.2) is 4.98 Å². The number of nitrogens with zero attached hydrogens (tertiary/aromatic N) is 3. The van der Waals surface area contributed by atoms with E-state index in [9.17, 15) is 0 Å². The lowest BCUT2D eigenvalue weighted by Gasteiger charge is -2.02. The predicted molar refractivity (Wildman–Crippen MR) is 92.2 cm³/mol. The molecule has 0 aromatic carbocycles. The summed E-state index contributed by atoms with van der Waals surface area (Å²) in [6.07, 6.45) is 3.02. The number of aryl methyl sites for hydroxylation is 1. The zero-order chi connectivity index (χ0) is 13.4. The molecule has 0 saturated carbocycles. The van der Waals surface area contributed by atoms with Gasteiger partial charge in [0.1, 0.15) is 0 Å². The zero-order valence-electron chi connectivity index (χ0n) is 9.93. The van der Waals surface area contributed by atoms with Crippen molar-refractivity contribution in [2.45, 2.75) is 13.3 Å². The van der Waals surface area contributed by atoms with E-state index in [1.807, 2.05) is 16.2 Å². The molecule has 0 aliphatic carbocycles. The topological polar surface area (TPSA) is 30.7 Å². The first-order valence-corrected chi connectivity index (χ1v) is 10.2. The third-order valence-corrected chi connectivity index (χ3v) is 5.72. The van der Waals surface area contributed by atoms with Gasteiger partial charge in [0.05, 0.1) is 10.6 Å². The summed E-state index contributed by atoms with van der Waals surface area (Å²) in [5, 5.41) is 3.50. The smallest absolute Gasteiger partial charge is 0.225 e. The fourth-order valence-electron chi connectivity index (χ4n) is 1.89. The molecule has 3 nitrogen and oxygen atoms in total. The molecular weight excluding hydrogens is 413 g/mol. The fraction of sp³-hybridized carbons (Fsp3) is 0.167. The minimum atomic E-state index is 0.291.